The molecule has 0 radical (unpaired) electrons. The van der Waals surface area contributed by atoms with Crippen LogP contribution in [0.1, 0.15) is 62.2 Å². The first-order valence-corrected chi connectivity index (χ1v) is 12.4. The number of rotatable bonds is 8. The molecule has 0 bridgehead atoms. The Morgan fingerprint density at radius 2 is 1.94 bits per heavy atom. The van der Waals surface area contributed by atoms with Crippen LogP contribution in [-0.4, -0.2) is 47.7 Å². The molecule has 1 aliphatic rings. The van der Waals surface area contributed by atoms with Crippen LogP contribution in [0.15, 0.2) is 30.3 Å². The van der Waals surface area contributed by atoms with Crippen molar-refractivity contribution in [1.82, 2.24) is 14.9 Å². The predicted molar refractivity (Wildman–Crippen MR) is 139 cm³/mol. The molecule has 8 heteroatoms. The molecule has 1 aliphatic heterocycles. The molecule has 194 valence electrons. The SMILES string of the molecule is COc1cc2nc(C)nc(N[C@H](C)c3cccc(C(C)(F)F)c3C)c2cc1OC[C@]1(C)CCCN1C. The Morgan fingerprint density at radius 3 is 2.58 bits per heavy atom. The highest BCUT2D eigenvalue weighted by Crippen LogP contribution is 2.38. The molecular weight excluding hydrogens is 462 g/mol. The van der Waals surface area contributed by atoms with E-state index < -0.39 is 5.92 Å². The quantitative estimate of drug-likeness (QED) is 0.388. The summed E-state index contributed by atoms with van der Waals surface area (Å²) < 4.78 is 40.2. The zero-order chi connectivity index (χ0) is 26.3. The summed E-state index contributed by atoms with van der Waals surface area (Å²) in [5, 5.41) is 4.22. The number of likely N-dealkylation sites (N-methyl/N-ethyl adjacent to an activating group) is 1. The third-order valence-electron chi connectivity index (χ3n) is 7.43. The number of hydrogen-bond donors (Lipinski definition) is 1. The first-order valence-electron chi connectivity index (χ1n) is 12.4. The van der Waals surface area contributed by atoms with Crippen molar-refractivity contribution in [2.45, 2.75) is 65.0 Å². The second-order valence-corrected chi connectivity index (χ2v) is 10.2. The Kier molecular flexibility index (Phi) is 7.10. The summed E-state index contributed by atoms with van der Waals surface area (Å²) in [6.45, 7) is 10.2. The molecule has 0 unspecified atom stereocenters. The van der Waals surface area contributed by atoms with E-state index >= 15 is 0 Å². The summed E-state index contributed by atoms with van der Waals surface area (Å²) in [7, 11) is 3.74. The average Bonchev–Trinajstić information content (AvgIpc) is 3.14. The normalized spacial score (nSPS) is 19.5. The molecule has 1 saturated heterocycles. The number of fused-ring (bicyclic) bond motifs is 1. The Balaban J connectivity index is 1.69. The van der Waals surface area contributed by atoms with Crippen LogP contribution in [0.25, 0.3) is 10.9 Å². The Hall–Kier alpha value is -3.00. The smallest absolute Gasteiger partial charge is 0.270 e. The second-order valence-electron chi connectivity index (χ2n) is 10.2. The van der Waals surface area contributed by atoms with Crippen molar-refractivity contribution in [3.05, 3.63) is 52.8 Å². The molecule has 1 N–H and O–H groups in total. The number of likely N-dealkylation sites (tertiary alicyclic amines) is 1. The van der Waals surface area contributed by atoms with Crippen LogP contribution in [-0.2, 0) is 5.92 Å². The van der Waals surface area contributed by atoms with Gasteiger partial charge in [0.25, 0.3) is 5.92 Å². The van der Waals surface area contributed by atoms with Crippen LogP contribution in [0.4, 0.5) is 14.6 Å². The minimum Gasteiger partial charge on any atom is -0.493 e. The molecule has 2 aromatic carbocycles. The number of nitrogens with zero attached hydrogens (tertiary/aromatic N) is 3. The molecule has 4 rings (SSSR count). The molecule has 36 heavy (non-hydrogen) atoms. The fourth-order valence-corrected chi connectivity index (χ4v) is 5.09. The maximum atomic E-state index is 14.1. The van der Waals surface area contributed by atoms with Crippen molar-refractivity contribution in [3.63, 3.8) is 0 Å². The van der Waals surface area contributed by atoms with E-state index in [1.165, 1.54) is 6.07 Å². The maximum absolute atomic E-state index is 14.1. The van der Waals surface area contributed by atoms with Crippen molar-refractivity contribution in [3.8, 4) is 11.5 Å². The van der Waals surface area contributed by atoms with Gasteiger partial charge in [0.1, 0.15) is 18.2 Å². The zero-order valence-electron chi connectivity index (χ0n) is 22.2. The maximum Gasteiger partial charge on any atom is 0.270 e. The standard InChI is InChI=1S/C28H36F2N4O2/c1-17-20(10-8-11-22(17)28(5,29)30)18(2)31-26-21-14-25(36-16-27(4)12-9-13-34(27)6)24(35-7)15-23(21)32-19(3)33-26/h8,10-11,14-15,18H,9,12-13,16H2,1-7H3,(H,31,32,33)/t18-,27+/m1/s1. The number of methoxy groups -OCH3 is 1. The number of ether oxygens (including phenoxy) is 2. The van der Waals surface area contributed by atoms with Crippen molar-refractivity contribution < 1.29 is 18.3 Å². The Bertz CT molecular complexity index is 1260. The molecule has 2 atom stereocenters. The van der Waals surface area contributed by atoms with E-state index in [1.807, 2.05) is 32.0 Å². The van der Waals surface area contributed by atoms with Gasteiger partial charge in [-0.2, -0.15) is 0 Å². The van der Waals surface area contributed by atoms with Gasteiger partial charge in [0.15, 0.2) is 11.5 Å². The lowest BCUT2D eigenvalue weighted by molar-refractivity contribution is 0.0167. The van der Waals surface area contributed by atoms with Crippen LogP contribution in [0.3, 0.4) is 0 Å². The summed E-state index contributed by atoms with van der Waals surface area (Å²) in [5.74, 6) is -0.463. The number of alkyl halides is 2. The van der Waals surface area contributed by atoms with E-state index in [9.17, 15) is 8.78 Å². The molecule has 0 saturated carbocycles. The molecule has 0 aliphatic carbocycles. The fourth-order valence-electron chi connectivity index (χ4n) is 5.09. The van der Waals surface area contributed by atoms with Gasteiger partial charge in [0.05, 0.1) is 24.2 Å². The molecule has 0 amide bonds. The van der Waals surface area contributed by atoms with Crippen molar-refractivity contribution in [1.29, 1.82) is 0 Å². The second kappa shape index (κ2) is 9.81. The topological polar surface area (TPSA) is 59.5 Å². The summed E-state index contributed by atoms with van der Waals surface area (Å²) in [5.41, 5.74) is 2.07. The number of hydrogen-bond acceptors (Lipinski definition) is 6. The van der Waals surface area contributed by atoms with Crippen LogP contribution < -0.4 is 14.8 Å². The first kappa shape index (κ1) is 26.1. The van der Waals surface area contributed by atoms with E-state index in [2.05, 4.69) is 34.2 Å². The van der Waals surface area contributed by atoms with Gasteiger partial charge in [-0.05, 0) is 71.3 Å². The zero-order valence-corrected chi connectivity index (χ0v) is 22.2. The van der Waals surface area contributed by atoms with E-state index in [0.29, 0.717) is 35.3 Å². The van der Waals surface area contributed by atoms with Gasteiger partial charge in [0.2, 0.25) is 0 Å². The van der Waals surface area contributed by atoms with Gasteiger partial charge in [-0.3, -0.25) is 4.90 Å². The molecule has 1 aromatic heterocycles. The van der Waals surface area contributed by atoms with Gasteiger partial charge in [-0.25, -0.2) is 18.7 Å². The van der Waals surface area contributed by atoms with Crippen LogP contribution in [0.5, 0.6) is 11.5 Å². The number of aromatic nitrogens is 2. The summed E-state index contributed by atoms with van der Waals surface area (Å²) >= 11 is 0. The molecule has 0 spiro atoms. The third kappa shape index (κ3) is 5.09. The van der Waals surface area contributed by atoms with Gasteiger partial charge in [-0.1, -0.05) is 18.2 Å². The van der Waals surface area contributed by atoms with Crippen LogP contribution in [0, 0.1) is 13.8 Å². The third-order valence-corrected chi connectivity index (χ3v) is 7.43. The highest BCUT2D eigenvalue weighted by molar-refractivity contribution is 5.92. The van der Waals surface area contributed by atoms with Crippen molar-refractivity contribution in [2.24, 2.45) is 0 Å². The number of halogens is 2. The minimum absolute atomic E-state index is 0.0307. The van der Waals surface area contributed by atoms with Crippen molar-refractivity contribution in [2.75, 3.05) is 32.6 Å². The molecule has 3 aromatic rings. The van der Waals surface area contributed by atoms with Gasteiger partial charge >= 0.3 is 0 Å². The number of anilines is 1. The number of nitrogens with one attached hydrogen (secondary N) is 1. The van der Waals surface area contributed by atoms with E-state index in [1.54, 1.807) is 20.1 Å². The van der Waals surface area contributed by atoms with Gasteiger partial charge in [-0.15, -0.1) is 0 Å². The van der Waals surface area contributed by atoms with Gasteiger partial charge < -0.3 is 14.8 Å². The molecule has 2 heterocycles. The molecule has 1 fully saturated rings. The average molecular weight is 499 g/mol. The number of aryl methyl sites for hydroxylation is 1. The van der Waals surface area contributed by atoms with Crippen LogP contribution >= 0.6 is 0 Å². The lowest BCUT2D eigenvalue weighted by Crippen LogP contribution is -2.43. The van der Waals surface area contributed by atoms with Crippen LogP contribution in [0.2, 0.25) is 0 Å². The summed E-state index contributed by atoms with van der Waals surface area (Å²) in [6, 6.07) is 8.53. The summed E-state index contributed by atoms with van der Waals surface area (Å²) in [6.07, 6.45) is 2.22. The first-order chi connectivity index (χ1) is 16.9. The minimum atomic E-state index is -2.91. The lowest BCUT2D eigenvalue weighted by atomic mass is 9.94. The Labute approximate surface area is 212 Å². The molecule has 6 nitrogen and oxygen atoms in total. The highest BCUT2D eigenvalue weighted by Gasteiger charge is 2.35. The monoisotopic (exact) mass is 498 g/mol. The van der Waals surface area contributed by atoms with E-state index in [4.69, 9.17) is 9.47 Å². The fraction of sp³-hybridized carbons (Fsp3) is 0.500. The summed E-state index contributed by atoms with van der Waals surface area (Å²) in [4.78, 5) is 11.6. The largest absolute Gasteiger partial charge is 0.493 e. The Morgan fingerprint density at radius 1 is 1.19 bits per heavy atom. The highest BCUT2D eigenvalue weighted by atomic mass is 19.3. The number of benzene rings is 2. The van der Waals surface area contributed by atoms with E-state index in [-0.39, 0.29) is 17.1 Å². The predicted octanol–water partition coefficient (Wildman–Crippen LogP) is 6.40. The molecular formula is C28H36F2N4O2. The van der Waals surface area contributed by atoms with E-state index in [0.717, 1.165) is 42.8 Å². The van der Waals surface area contributed by atoms with Crippen molar-refractivity contribution >= 4 is 16.7 Å². The lowest BCUT2D eigenvalue weighted by Gasteiger charge is -2.32. The van der Waals surface area contributed by atoms with Gasteiger partial charge in [0, 0.05) is 23.9 Å².